The summed E-state index contributed by atoms with van der Waals surface area (Å²) in [5.41, 5.74) is 0. The van der Waals surface area contributed by atoms with Gasteiger partial charge in [0, 0.05) is 20.1 Å². The smallest absolute Gasteiger partial charge is 0.194 e. The standard InChI is InChI=1S/C5H13N2O2S/c1-5(2)6-10(8,9)7(3)4/h5H,1-4H3. The highest BCUT2D eigenvalue weighted by molar-refractivity contribution is 7.87. The Balaban J connectivity index is 4.16. The summed E-state index contributed by atoms with van der Waals surface area (Å²) in [5, 5.41) is 0. The largest absolute Gasteiger partial charge is 0.295 e. The normalized spacial score (nSPS) is 13.0. The van der Waals surface area contributed by atoms with Gasteiger partial charge < -0.3 is 0 Å². The Kier molecular flexibility index (Phi) is 3.27. The minimum Gasteiger partial charge on any atom is -0.194 e. The van der Waals surface area contributed by atoms with Crippen molar-refractivity contribution in [3.8, 4) is 0 Å². The van der Waals surface area contributed by atoms with Crippen molar-refractivity contribution in [2.75, 3.05) is 14.1 Å². The van der Waals surface area contributed by atoms with Gasteiger partial charge >= 0.3 is 0 Å². The van der Waals surface area contributed by atoms with E-state index in [9.17, 15) is 8.42 Å². The highest BCUT2D eigenvalue weighted by atomic mass is 32.2. The maximum absolute atomic E-state index is 10.9. The Hall–Kier alpha value is -0.130. The van der Waals surface area contributed by atoms with Gasteiger partial charge in [-0.05, 0) is 13.8 Å². The van der Waals surface area contributed by atoms with E-state index in [1.807, 2.05) is 0 Å². The van der Waals surface area contributed by atoms with Gasteiger partial charge in [0.15, 0.2) is 0 Å². The quantitative estimate of drug-likeness (QED) is 0.582. The molecule has 0 rings (SSSR count). The van der Waals surface area contributed by atoms with Crippen LogP contribution < -0.4 is 4.72 Å². The fraction of sp³-hybridized carbons (Fsp3) is 1.00. The van der Waals surface area contributed by atoms with Crippen molar-refractivity contribution in [2.45, 2.75) is 19.9 Å². The number of rotatable bonds is 3. The molecule has 4 nitrogen and oxygen atoms in total. The molecule has 0 aliphatic heterocycles. The SMILES string of the molecule is CC(C)[N]S(=O)(=O)N(C)C. The lowest BCUT2D eigenvalue weighted by Gasteiger charge is -2.11. The molecule has 0 fully saturated rings. The monoisotopic (exact) mass is 165 g/mol. The van der Waals surface area contributed by atoms with Gasteiger partial charge in [-0.1, -0.05) is 0 Å². The first kappa shape index (κ1) is 9.87. The lowest BCUT2D eigenvalue weighted by atomic mass is 10.4. The van der Waals surface area contributed by atoms with E-state index in [0.29, 0.717) is 0 Å². The summed E-state index contributed by atoms with van der Waals surface area (Å²) in [6.45, 7) is 3.45. The third-order valence-corrected chi connectivity index (χ3v) is 2.42. The van der Waals surface area contributed by atoms with Crippen molar-refractivity contribution in [2.24, 2.45) is 0 Å². The first-order valence-corrected chi connectivity index (χ1v) is 4.40. The van der Waals surface area contributed by atoms with Crippen LogP contribution in [0.5, 0.6) is 0 Å². The summed E-state index contributed by atoms with van der Waals surface area (Å²) < 4.78 is 26.4. The van der Waals surface area contributed by atoms with Crippen LogP contribution >= 0.6 is 0 Å². The maximum Gasteiger partial charge on any atom is 0.295 e. The van der Waals surface area contributed by atoms with Gasteiger partial charge in [0.05, 0.1) is 0 Å². The van der Waals surface area contributed by atoms with E-state index in [1.54, 1.807) is 13.8 Å². The Morgan fingerprint density at radius 2 is 1.70 bits per heavy atom. The summed E-state index contributed by atoms with van der Waals surface area (Å²) in [7, 11) is -0.420. The average Bonchev–Trinajstić information content (AvgIpc) is 1.60. The predicted octanol–water partition coefficient (Wildman–Crippen LogP) is -0.194. The van der Waals surface area contributed by atoms with Gasteiger partial charge in [0.2, 0.25) is 0 Å². The van der Waals surface area contributed by atoms with Crippen molar-refractivity contribution in [1.29, 1.82) is 0 Å². The zero-order valence-electron chi connectivity index (χ0n) is 6.70. The van der Waals surface area contributed by atoms with E-state index >= 15 is 0 Å². The van der Waals surface area contributed by atoms with E-state index in [4.69, 9.17) is 0 Å². The lowest BCUT2D eigenvalue weighted by molar-refractivity contribution is 0.494. The van der Waals surface area contributed by atoms with Crippen LogP contribution in [0, 0.1) is 0 Å². The van der Waals surface area contributed by atoms with E-state index in [-0.39, 0.29) is 6.04 Å². The Labute approximate surface area is 62.4 Å². The zero-order chi connectivity index (χ0) is 8.36. The first-order chi connectivity index (χ1) is 4.36. The summed E-state index contributed by atoms with van der Waals surface area (Å²) in [4.78, 5) is 0. The molecule has 61 valence electrons. The Morgan fingerprint density at radius 1 is 1.30 bits per heavy atom. The minimum atomic E-state index is -3.34. The second kappa shape index (κ2) is 3.32. The third-order valence-electron chi connectivity index (χ3n) is 0.805. The van der Waals surface area contributed by atoms with E-state index in [1.165, 1.54) is 14.1 Å². The molecule has 0 aliphatic rings. The summed E-state index contributed by atoms with van der Waals surface area (Å²) >= 11 is 0. The molecule has 0 unspecified atom stereocenters. The highest BCUT2D eigenvalue weighted by Gasteiger charge is 2.15. The second-order valence-electron chi connectivity index (χ2n) is 2.46. The molecule has 0 aliphatic carbocycles. The molecule has 0 aromatic rings. The van der Waals surface area contributed by atoms with Gasteiger partial charge in [-0.3, -0.25) is 0 Å². The fourth-order valence-electron chi connectivity index (χ4n) is 0.361. The van der Waals surface area contributed by atoms with Gasteiger partial charge in [0.1, 0.15) is 0 Å². The van der Waals surface area contributed by atoms with Crippen molar-refractivity contribution in [1.82, 2.24) is 9.03 Å². The zero-order valence-corrected chi connectivity index (χ0v) is 7.51. The molecule has 0 amide bonds. The molecule has 0 aromatic carbocycles. The van der Waals surface area contributed by atoms with Crippen LogP contribution in [-0.4, -0.2) is 32.9 Å². The van der Waals surface area contributed by atoms with Crippen LogP contribution in [0.1, 0.15) is 13.8 Å². The number of nitrogens with zero attached hydrogens (tertiary/aromatic N) is 2. The molecule has 0 aromatic heterocycles. The van der Waals surface area contributed by atoms with Crippen molar-refractivity contribution < 1.29 is 8.42 Å². The lowest BCUT2D eigenvalue weighted by Crippen LogP contribution is -2.33. The van der Waals surface area contributed by atoms with E-state index in [0.717, 1.165) is 4.31 Å². The second-order valence-corrected chi connectivity index (χ2v) is 4.30. The van der Waals surface area contributed by atoms with E-state index in [2.05, 4.69) is 4.72 Å². The van der Waals surface area contributed by atoms with Gasteiger partial charge in [-0.15, -0.1) is 4.72 Å². The summed E-state index contributed by atoms with van der Waals surface area (Å²) in [6, 6.07) is -0.174. The molecular weight excluding hydrogens is 152 g/mol. The van der Waals surface area contributed by atoms with Gasteiger partial charge in [0.25, 0.3) is 10.2 Å². The molecule has 0 bridgehead atoms. The van der Waals surface area contributed by atoms with Crippen LogP contribution in [0.2, 0.25) is 0 Å². The van der Waals surface area contributed by atoms with Crippen LogP contribution in [-0.2, 0) is 10.2 Å². The molecule has 0 saturated carbocycles. The Bertz CT molecular complexity index is 184. The summed E-state index contributed by atoms with van der Waals surface area (Å²) in [6.07, 6.45) is 0. The molecule has 0 atom stereocenters. The topological polar surface area (TPSA) is 51.5 Å². The summed E-state index contributed by atoms with van der Waals surface area (Å²) in [5.74, 6) is 0. The molecular formula is C5H13N2O2S. The molecule has 10 heavy (non-hydrogen) atoms. The molecule has 0 N–H and O–H groups in total. The van der Waals surface area contributed by atoms with Gasteiger partial charge in [-0.2, -0.15) is 12.7 Å². The van der Waals surface area contributed by atoms with Crippen molar-refractivity contribution >= 4 is 10.2 Å². The predicted molar refractivity (Wildman–Crippen MR) is 39.9 cm³/mol. The maximum atomic E-state index is 10.9. The minimum absolute atomic E-state index is 0.174. The van der Waals surface area contributed by atoms with Crippen LogP contribution in [0.15, 0.2) is 0 Å². The van der Waals surface area contributed by atoms with Gasteiger partial charge in [-0.25, -0.2) is 0 Å². The fourth-order valence-corrected chi connectivity index (χ4v) is 1.08. The number of hydrogen-bond donors (Lipinski definition) is 0. The average molecular weight is 165 g/mol. The highest BCUT2D eigenvalue weighted by Crippen LogP contribution is 1.93. The Morgan fingerprint density at radius 3 is 1.80 bits per heavy atom. The van der Waals surface area contributed by atoms with Crippen molar-refractivity contribution in [3.63, 3.8) is 0 Å². The van der Waals surface area contributed by atoms with E-state index < -0.39 is 10.2 Å². The molecule has 5 heteroatoms. The first-order valence-electron chi connectivity index (χ1n) is 3.01. The molecule has 0 heterocycles. The van der Waals surface area contributed by atoms with Crippen LogP contribution in [0.25, 0.3) is 0 Å². The van der Waals surface area contributed by atoms with Crippen molar-refractivity contribution in [3.05, 3.63) is 0 Å². The molecule has 1 radical (unpaired) electrons. The van der Waals surface area contributed by atoms with Crippen LogP contribution in [0.4, 0.5) is 0 Å². The third kappa shape index (κ3) is 3.14. The molecule has 0 saturated heterocycles. The number of hydrogen-bond acceptors (Lipinski definition) is 2. The molecule has 0 spiro atoms. The van der Waals surface area contributed by atoms with Crippen LogP contribution in [0.3, 0.4) is 0 Å².